The zero-order valence-electron chi connectivity index (χ0n) is 21.8. The standard InChI is InChI=1S/C25H31ClFN4O7P/c1-5-35-23(33)14(2)30-39(34,38-17-8-6-16(26)7-9-17)37-15(3)20-21(32)25(4,27)24(36-20)31-13-11-18-19(28)10-12-29-22(18)31/h6-15,20-21,24,32H,5H2,1-4H3,(H2,28,29)(H,30,34)/t14-,15?,20+,21+,24+,25+,39?/m0/s1. The second-order valence-corrected chi connectivity index (χ2v) is 11.4. The Kier molecular flexibility index (Phi) is 8.55. The number of aliphatic hydroxyl groups is 1. The molecular weight excluding hydrogens is 554 g/mol. The molecule has 1 aliphatic heterocycles. The molecule has 7 atom stereocenters. The molecule has 2 unspecified atom stereocenters. The molecule has 0 amide bonds. The molecule has 1 aliphatic rings. The number of nitrogens with two attached hydrogens (primary N) is 1. The van der Waals surface area contributed by atoms with Crippen LogP contribution in [0.3, 0.4) is 0 Å². The normalized spacial score (nSPS) is 26.2. The lowest BCUT2D eigenvalue weighted by Gasteiger charge is -2.29. The molecule has 1 fully saturated rings. The Balaban J connectivity index is 1.60. The molecule has 0 bridgehead atoms. The number of ether oxygens (including phenoxy) is 2. The van der Waals surface area contributed by atoms with Crippen LogP contribution >= 0.6 is 19.3 Å². The van der Waals surface area contributed by atoms with Gasteiger partial charge in [0.05, 0.1) is 12.7 Å². The number of rotatable bonds is 10. The molecule has 14 heteroatoms. The van der Waals surface area contributed by atoms with Crippen LogP contribution in [0.2, 0.25) is 5.02 Å². The second kappa shape index (κ2) is 11.4. The van der Waals surface area contributed by atoms with Gasteiger partial charge in [-0.25, -0.2) is 13.9 Å². The van der Waals surface area contributed by atoms with Gasteiger partial charge in [0.15, 0.2) is 11.9 Å². The molecule has 3 heterocycles. The molecule has 0 spiro atoms. The number of nitrogens with zero attached hydrogens (tertiary/aromatic N) is 2. The fourth-order valence-corrected chi connectivity index (χ4v) is 6.16. The second-order valence-electron chi connectivity index (χ2n) is 9.37. The van der Waals surface area contributed by atoms with Crippen molar-refractivity contribution in [2.45, 2.75) is 63.9 Å². The first-order chi connectivity index (χ1) is 18.4. The van der Waals surface area contributed by atoms with Crippen molar-refractivity contribution in [3.05, 3.63) is 53.8 Å². The monoisotopic (exact) mass is 584 g/mol. The Morgan fingerprint density at radius 2 is 2.03 bits per heavy atom. The lowest BCUT2D eigenvalue weighted by Crippen LogP contribution is -2.44. The topological polar surface area (TPSA) is 147 Å². The summed E-state index contributed by atoms with van der Waals surface area (Å²) in [6.45, 7) is 5.81. The number of esters is 1. The lowest BCUT2D eigenvalue weighted by atomic mass is 9.96. The van der Waals surface area contributed by atoms with E-state index in [1.807, 2.05) is 0 Å². The third-order valence-corrected chi connectivity index (χ3v) is 8.38. The van der Waals surface area contributed by atoms with Gasteiger partial charge in [0.25, 0.3) is 0 Å². The number of nitrogens with one attached hydrogen (secondary N) is 1. The molecule has 3 aromatic rings. The van der Waals surface area contributed by atoms with Crippen LogP contribution in [0.5, 0.6) is 5.75 Å². The number of aliphatic hydroxyl groups excluding tert-OH is 1. The first-order valence-corrected chi connectivity index (χ1v) is 14.2. The van der Waals surface area contributed by atoms with E-state index in [1.165, 1.54) is 55.8 Å². The summed E-state index contributed by atoms with van der Waals surface area (Å²) in [4.78, 5) is 16.5. The quantitative estimate of drug-likeness (QED) is 0.231. The first kappa shape index (κ1) is 29.3. The minimum absolute atomic E-state index is 0.109. The highest BCUT2D eigenvalue weighted by atomic mass is 35.5. The Bertz CT molecular complexity index is 1370. The van der Waals surface area contributed by atoms with E-state index in [2.05, 4.69) is 10.1 Å². The summed E-state index contributed by atoms with van der Waals surface area (Å²) < 4.78 is 53.7. The van der Waals surface area contributed by atoms with Gasteiger partial charge in [-0.1, -0.05) is 11.6 Å². The summed E-state index contributed by atoms with van der Waals surface area (Å²) in [6, 6.07) is 8.16. The molecule has 1 saturated heterocycles. The molecule has 0 aliphatic carbocycles. The van der Waals surface area contributed by atoms with Crippen LogP contribution in [-0.4, -0.2) is 57.3 Å². The number of halogens is 2. The van der Waals surface area contributed by atoms with Crippen LogP contribution in [0.15, 0.2) is 48.8 Å². The number of nitrogen functional groups attached to an aromatic ring is 1. The molecule has 4 N–H and O–H groups in total. The van der Waals surface area contributed by atoms with Crippen LogP contribution in [0.1, 0.15) is 33.9 Å². The fourth-order valence-electron chi connectivity index (χ4n) is 4.34. The van der Waals surface area contributed by atoms with Gasteiger partial charge in [-0.2, -0.15) is 5.09 Å². The van der Waals surface area contributed by atoms with E-state index >= 15 is 4.39 Å². The van der Waals surface area contributed by atoms with Crippen molar-refractivity contribution in [1.82, 2.24) is 14.6 Å². The predicted molar refractivity (Wildman–Crippen MR) is 143 cm³/mol. The predicted octanol–water partition coefficient (Wildman–Crippen LogP) is 4.39. The van der Waals surface area contributed by atoms with Gasteiger partial charge in [-0.3, -0.25) is 9.32 Å². The van der Waals surface area contributed by atoms with Crippen molar-refractivity contribution >= 4 is 42.0 Å². The highest BCUT2D eigenvalue weighted by Gasteiger charge is 2.57. The number of alkyl halides is 1. The highest BCUT2D eigenvalue weighted by Crippen LogP contribution is 2.50. The molecule has 212 valence electrons. The highest BCUT2D eigenvalue weighted by molar-refractivity contribution is 7.52. The van der Waals surface area contributed by atoms with E-state index < -0.39 is 50.0 Å². The summed E-state index contributed by atoms with van der Waals surface area (Å²) in [5.41, 5.74) is 4.53. The number of aromatic nitrogens is 2. The number of anilines is 1. The maximum atomic E-state index is 16.0. The minimum atomic E-state index is -4.34. The summed E-state index contributed by atoms with van der Waals surface area (Å²) in [5, 5.41) is 14.5. The maximum absolute atomic E-state index is 16.0. The van der Waals surface area contributed by atoms with Gasteiger partial charge in [0.1, 0.15) is 29.6 Å². The van der Waals surface area contributed by atoms with E-state index in [0.29, 0.717) is 21.7 Å². The summed E-state index contributed by atoms with van der Waals surface area (Å²) >= 11 is 5.93. The van der Waals surface area contributed by atoms with Crippen LogP contribution in [0, 0.1) is 0 Å². The van der Waals surface area contributed by atoms with Crippen LogP contribution in [-0.2, 0) is 23.4 Å². The summed E-state index contributed by atoms with van der Waals surface area (Å²) in [6.07, 6.45) is -2.42. The first-order valence-electron chi connectivity index (χ1n) is 12.3. The molecule has 39 heavy (non-hydrogen) atoms. The molecule has 0 saturated carbocycles. The van der Waals surface area contributed by atoms with Crippen LogP contribution in [0.4, 0.5) is 10.1 Å². The van der Waals surface area contributed by atoms with Crippen molar-refractivity contribution in [3.8, 4) is 5.75 Å². The third-order valence-electron chi connectivity index (χ3n) is 6.36. The zero-order valence-corrected chi connectivity index (χ0v) is 23.4. The largest absolute Gasteiger partial charge is 0.465 e. The smallest absolute Gasteiger partial charge is 0.459 e. The minimum Gasteiger partial charge on any atom is -0.465 e. The molecule has 4 rings (SSSR count). The Morgan fingerprint density at radius 1 is 1.33 bits per heavy atom. The van der Waals surface area contributed by atoms with Gasteiger partial charge in [-0.05, 0) is 64.1 Å². The van der Waals surface area contributed by atoms with E-state index in [-0.39, 0.29) is 12.4 Å². The van der Waals surface area contributed by atoms with E-state index in [0.717, 1.165) is 0 Å². The van der Waals surface area contributed by atoms with E-state index in [4.69, 9.17) is 35.9 Å². The third kappa shape index (κ3) is 6.06. The average Bonchev–Trinajstić information content (AvgIpc) is 3.39. The number of hydrogen-bond donors (Lipinski definition) is 3. The van der Waals surface area contributed by atoms with Gasteiger partial charge in [0, 0.05) is 28.5 Å². The number of benzene rings is 1. The number of carbonyl (C=O) groups is 1. The Labute approximate surface area is 229 Å². The van der Waals surface area contributed by atoms with Gasteiger partial charge in [0.2, 0.25) is 0 Å². The fraction of sp³-hybridized carbons (Fsp3) is 0.440. The van der Waals surface area contributed by atoms with Crippen molar-refractivity contribution < 1.29 is 37.4 Å². The summed E-state index contributed by atoms with van der Waals surface area (Å²) in [7, 11) is -4.34. The molecule has 11 nitrogen and oxygen atoms in total. The average molecular weight is 585 g/mol. The number of pyridine rings is 1. The lowest BCUT2D eigenvalue weighted by molar-refractivity contribution is -0.144. The van der Waals surface area contributed by atoms with Gasteiger partial charge in [-0.15, -0.1) is 0 Å². The zero-order chi connectivity index (χ0) is 28.5. The van der Waals surface area contributed by atoms with E-state index in [1.54, 1.807) is 25.3 Å². The molecular formula is C25H31ClFN4O7P. The molecule has 1 aromatic carbocycles. The van der Waals surface area contributed by atoms with Crippen molar-refractivity contribution in [3.63, 3.8) is 0 Å². The molecule has 0 radical (unpaired) electrons. The summed E-state index contributed by atoms with van der Waals surface area (Å²) in [5.74, 6) is -0.560. The number of fused-ring (bicyclic) bond motifs is 1. The number of hydrogen-bond acceptors (Lipinski definition) is 9. The van der Waals surface area contributed by atoms with Crippen molar-refractivity contribution in [2.24, 2.45) is 0 Å². The Hall–Kier alpha value is -2.73. The van der Waals surface area contributed by atoms with Gasteiger partial charge < -0.3 is 29.4 Å². The van der Waals surface area contributed by atoms with Gasteiger partial charge >= 0.3 is 13.7 Å². The number of carbonyl (C=O) groups excluding carboxylic acids is 1. The van der Waals surface area contributed by atoms with E-state index in [9.17, 15) is 14.5 Å². The Morgan fingerprint density at radius 3 is 2.69 bits per heavy atom. The molecule has 2 aromatic heterocycles. The SMILES string of the molecule is CCOC(=O)[C@H](C)NP(=O)(Oc1ccc(Cl)cc1)OC(C)[C@H]1O[C@@H](n2ccc3c(N)ccnc32)[C@](C)(F)[C@@H]1O. The maximum Gasteiger partial charge on any atom is 0.459 e. The van der Waals surface area contributed by atoms with Crippen molar-refractivity contribution in [2.75, 3.05) is 12.3 Å². The van der Waals surface area contributed by atoms with Crippen LogP contribution in [0.25, 0.3) is 11.0 Å². The van der Waals surface area contributed by atoms with Crippen molar-refractivity contribution in [1.29, 1.82) is 0 Å². The van der Waals surface area contributed by atoms with Crippen LogP contribution < -0.4 is 15.3 Å².